The Kier molecular flexibility index (Phi) is 46.6. The summed E-state index contributed by atoms with van der Waals surface area (Å²) in [5.74, 6) is -1.01. The van der Waals surface area contributed by atoms with Gasteiger partial charge in [-0.2, -0.15) is 0 Å². The second kappa shape index (κ2) is 49.7. The molecule has 0 rings (SSSR count). The summed E-state index contributed by atoms with van der Waals surface area (Å²) in [5.41, 5.74) is 0. The second-order valence-corrected chi connectivity index (χ2v) is 16.1. The molecule has 0 aromatic carbocycles. The summed E-state index contributed by atoms with van der Waals surface area (Å²) in [6.45, 7) is 6.26. The van der Waals surface area contributed by atoms with Crippen LogP contribution in [-0.4, -0.2) is 37.2 Å². The molecule has 0 amide bonds. The molecule has 0 saturated carbocycles. The van der Waals surface area contributed by atoms with Crippen LogP contribution in [0.15, 0.2) is 109 Å². The van der Waals surface area contributed by atoms with Crippen LogP contribution in [0.25, 0.3) is 0 Å². The molecule has 0 aliphatic rings. The van der Waals surface area contributed by atoms with Crippen molar-refractivity contribution in [1.82, 2.24) is 0 Å². The predicted molar refractivity (Wildman–Crippen MR) is 265 cm³/mol. The van der Waals surface area contributed by atoms with Crippen molar-refractivity contribution in [2.45, 2.75) is 213 Å². The van der Waals surface area contributed by atoms with E-state index in [9.17, 15) is 14.4 Å². The number of hydrogen-bond donors (Lipinski definition) is 0. The molecular weight excluding hydrogens is 769 g/mol. The molecule has 6 nitrogen and oxygen atoms in total. The van der Waals surface area contributed by atoms with Crippen LogP contribution >= 0.6 is 0 Å². The Morgan fingerprint density at radius 3 is 1.05 bits per heavy atom. The molecule has 0 aromatic rings. The molecule has 0 N–H and O–H groups in total. The number of carbonyl (C=O) groups excluding carboxylic acids is 3. The Balaban J connectivity index is 4.49. The van der Waals surface area contributed by atoms with Gasteiger partial charge in [0.15, 0.2) is 6.10 Å². The summed E-state index contributed by atoms with van der Waals surface area (Å²) in [6, 6.07) is 0. The van der Waals surface area contributed by atoms with Crippen molar-refractivity contribution < 1.29 is 28.6 Å². The van der Waals surface area contributed by atoms with Crippen molar-refractivity contribution in [2.24, 2.45) is 0 Å². The Hall–Kier alpha value is -3.93. The van der Waals surface area contributed by atoms with Crippen LogP contribution in [0.3, 0.4) is 0 Å². The van der Waals surface area contributed by atoms with Crippen LogP contribution in [0.2, 0.25) is 0 Å². The first-order valence-corrected chi connectivity index (χ1v) is 25.0. The van der Waals surface area contributed by atoms with Gasteiger partial charge in [-0.05, 0) is 83.5 Å². The van der Waals surface area contributed by atoms with Gasteiger partial charge in [0, 0.05) is 19.3 Å². The second-order valence-electron chi connectivity index (χ2n) is 16.1. The molecule has 62 heavy (non-hydrogen) atoms. The third-order valence-electron chi connectivity index (χ3n) is 10.2. The third-order valence-corrected chi connectivity index (χ3v) is 10.2. The lowest BCUT2D eigenvalue weighted by atomic mass is 10.1. The highest BCUT2D eigenvalue weighted by Crippen LogP contribution is 2.13. The van der Waals surface area contributed by atoms with E-state index in [1.54, 1.807) is 0 Å². The van der Waals surface area contributed by atoms with Gasteiger partial charge in [-0.15, -0.1) is 0 Å². The van der Waals surface area contributed by atoms with Gasteiger partial charge in [0.2, 0.25) is 0 Å². The third kappa shape index (κ3) is 47.1. The molecule has 1 unspecified atom stereocenters. The van der Waals surface area contributed by atoms with Gasteiger partial charge < -0.3 is 14.2 Å². The zero-order valence-electron chi connectivity index (χ0n) is 39.8. The minimum absolute atomic E-state index is 0.113. The van der Waals surface area contributed by atoms with E-state index in [1.807, 2.05) is 72.9 Å². The van der Waals surface area contributed by atoms with Gasteiger partial charge in [-0.1, -0.05) is 214 Å². The summed E-state index contributed by atoms with van der Waals surface area (Å²) in [4.78, 5) is 37.9. The van der Waals surface area contributed by atoms with Crippen molar-refractivity contribution >= 4 is 17.9 Å². The summed E-state index contributed by atoms with van der Waals surface area (Å²) in [6.07, 6.45) is 66.5. The van der Waals surface area contributed by atoms with E-state index >= 15 is 0 Å². The number of esters is 3. The highest BCUT2D eigenvalue weighted by atomic mass is 16.6. The van der Waals surface area contributed by atoms with E-state index in [0.717, 1.165) is 89.9 Å². The average molecular weight is 859 g/mol. The first-order valence-electron chi connectivity index (χ1n) is 25.0. The highest BCUT2D eigenvalue weighted by molar-refractivity contribution is 5.71. The molecule has 0 aliphatic carbocycles. The topological polar surface area (TPSA) is 78.9 Å². The largest absolute Gasteiger partial charge is 0.462 e. The molecule has 0 bridgehead atoms. The normalized spacial score (nSPS) is 13.0. The first kappa shape index (κ1) is 58.1. The molecule has 0 aliphatic heterocycles. The smallest absolute Gasteiger partial charge is 0.306 e. The Bertz CT molecular complexity index is 1310. The summed E-state index contributed by atoms with van der Waals surface area (Å²) in [5, 5.41) is 0. The molecule has 350 valence electrons. The number of rotatable bonds is 43. The number of carbonyl (C=O) groups is 3. The fourth-order valence-corrected chi connectivity index (χ4v) is 6.46. The van der Waals surface area contributed by atoms with Crippen LogP contribution < -0.4 is 0 Å². The first-order chi connectivity index (χ1) is 30.5. The van der Waals surface area contributed by atoms with E-state index in [2.05, 4.69) is 57.2 Å². The van der Waals surface area contributed by atoms with E-state index in [0.29, 0.717) is 19.3 Å². The predicted octanol–water partition coefficient (Wildman–Crippen LogP) is 16.4. The molecule has 6 heteroatoms. The fourth-order valence-electron chi connectivity index (χ4n) is 6.46. The SMILES string of the molecule is CC/C=C/C=C/C=C/C=C/CCCCCC(=O)OCC(COC(=O)CCCCCCC/C=C/CCCCCCCCCCC)OC(=O)CCCCC/C=C/C=C/C=C/C=C/CC. The lowest BCUT2D eigenvalue weighted by Crippen LogP contribution is -2.30. The zero-order valence-corrected chi connectivity index (χ0v) is 39.8. The van der Waals surface area contributed by atoms with Gasteiger partial charge in [0.1, 0.15) is 13.2 Å². The highest BCUT2D eigenvalue weighted by Gasteiger charge is 2.19. The van der Waals surface area contributed by atoms with Gasteiger partial charge in [-0.25, -0.2) is 0 Å². The zero-order chi connectivity index (χ0) is 45.1. The van der Waals surface area contributed by atoms with Crippen LogP contribution in [0.1, 0.15) is 207 Å². The number of unbranched alkanes of at least 4 members (excludes halogenated alkanes) is 20. The van der Waals surface area contributed by atoms with Crippen LogP contribution in [0, 0.1) is 0 Å². The minimum Gasteiger partial charge on any atom is -0.462 e. The molecule has 0 radical (unpaired) electrons. The Labute approximate surface area is 380 Å². The molecule has 0 saturated heterocycles. The van der Waals surface area contributed by atoms with Gasteiger partial charge >= 0.3 is 17.9 Å². The molecular formula is C56H90O6. The maximum atomic E-state index is 12.7. The maximum absolute atomic E-state index is 12.7. The summed E-state index contributed by atoms with van der Waals surface area (Å²) < 4.78 is 16.7. The standard InChI is InChI=1S/C56H90O6/c1-4-7-10-13-16-19-22-25-26-27-28-29-32-34-37-40-43-46-49-55(58)61-52-53(62-56(59)50-47-44-41-38-35-31-24-21-18-15-12-9-6-3)51-60-54(57)48-45-42-39-36-33-30-23-20-17-14-11-8-5-2/h8-9,11-12,14-15,17-18,20-21,23-24,28-31,33,35,53H,4-7,10,13,16,19,22,25-27,32,34,36-52H2,1-3H3/b11-8+,12-9+,17-14+,18-15+,23-20+,24-21+,29-28+,33-30+,35-31+. The van der Waals surface area contributed by atoms with E-state index in [-0.39, 0.29) is 37.5 Å². The number of ether oxygens (including phenoxy) is 3. The number of hydrogen-bond acceptors (Lipinski definition) is 6. The number of allylic oxidation sites excluding steroid dienone is 18. The van der Waals surface area contributed by atoms with Crippen molar-refractivity contribution in [2.75, 3.05) is 13.2 Å². The Morgan fingerprint density at radius 2 is 0.645 bits per heavy atom. The lowest BCUT2D eigenvalue weighted by molar-refractivity contribution is -0.167. The van der Waals surface area contributed by atoms with Crippen LogP contribution in [0.4, 0.5) is 0 Å². The van der Waals surface area contributed by atoms with Gasteiger partial charge in [0.25, 0.3) is 0 Å². The summed E-state index contributed by atoms with van der Waals surface area (Å²) >= 11 is 0. The van der Waals surface area contributed by atoms with Crippen molar-refractivity contribution in [3.63, 3.8) is 0 Å². The quantitative estimate of drug-likeness (QED) is 0.0200. The van der Waals surface area contributed by atoms with Crippen molar-refractivity contribution in [3.05, 3.63) is 109 Å². The molecule has 0 fully saturated rings. The molecule has 0 heterocycles. The van der Waals surface area contributed by atoms with Crippen LogP contribution in [0.5, 0.6) is 0 Å². The van der Waals surface area contributed by atoms with Gasteiger partial charge in [0.05, 0.1) is 0 Å². The molecule has 0 spiro atoms. The van der Waals surface area contributed by atoms with Crippen LogP contribution in [-0.2, 0) is 28.6 Å². The molecule has 1 atom stereocenters. The lowest BCUT2D eigenvalue weighted by Gasteiger charge is -2.18. The monoisotopic (exact) mass is 859 g/mol. The van der Waals surface area contributed by atoms with E-state index in [4.69, 9.17) is 14.2 Å². The van der Waals surface area contributed by atoms with E-state index < -0.39 is 6.10 Å². The summed E-state index contributed by atoms with van der Waals surface area (Å²) in [7, 11) is 0. The average Bonchev–Trinajstić information content (AvgIpc) is 3.27. The molecule has 0 aromatic heterocycles. The van der Waals surface area contributed by atoms with Gasteiger partial charge in [-0.3, -0.25) is 14.4 Å². The Morgan fingerprint density at radius 1 is 0.339 bits per heavy atom. The van der Waals surface area contributed by atoms with Crippen molar-refractivity contribution in [1.29, 1.82) is 0 Å². The minimum atomic E-state index is -0.819. The van der Waals surface area contributed by atoms with E-state index in [1.165, 1.54) is 70.6 Å². The van der Waals surface area contributed by atoms with Crippen molar-refractivity contribution in [3.8, 4) is 0 Å². The maximum Gasteiger partial charge on any atom is 0.306 e. The fraction of sp³-hybridized carbons (Fsp3) is 0.625.